The lowest BCUT2D eigenvalue weighted by Gasteiger charge is -2.23. The Hall–Kier alpha value is -2.62. The number of benzene rings is 2. The third-order valence-corrected chi connectivity index (χ3v) is 4.85. The second-order valence-electron chi connectivity index (χ2n) is 7.23. The predicted octanol–water partition coefficient (Wildman–Crippen LogP) is 3.94. The van der Waals surface area contributed by atoms with Gasteiger partial charge in [0, 0.05) is 25.1 Å². The van der Waals surface area contributed by atoms with Gasteiger partial charge in [0.2, 0.25) is 5.91 Å². The summed E-state index contributed by atoms with van der Waals surface area (Å²) < 4.78 is 0. The first kappa shape index (κ1) is 18.2. The van der Waals surface area contributed by atoms with Crippen LogP contribution >= 0.6 is 0 Å². The van der Waals surface area contributed by atoms with Gasteiger partial charge in [-0.25, -0.2) is 0 Å². The molecule has 2 aromatic rings. The highest BCUT2D eigenvalue weighted by Crippen LogP contribution is 2.22. The molecule has 0 aliphatic carbocycles. The quantitative estimate of drug-likeness (QED) is 0.858. The van der Waals surface area contributed by atoms with Crippen molar-refractivity contribution >= 4 is 11.8 Å². The zero-order valence-electron chi connectivity index (χ0n) is 15.4. The Labute approximate surface area is 155 Å². The Balaban J connectivity index is 1.72. The SMILES string of the molecule is CC(C)C(NC(=O)c1cccc(CN2CCCC2=O)c1)c1ccccc1. The van der Waals surface area contributed by atoms with Crippen LogP contribution in [0.5, 0.6) is 0 Å². The first-order valence-electron chi connectivity index (χ1n) is 9.27. The van der Waals surface area contributed by atoms with Crippen LogP contribution in [0.2, 0.25) is 0 Å². The van der Waals surface area contributed by atoms with Gasteiger partial charge in [0.05, 0.1) is 6.04 Å². The van der Waals surface area contributed by atoms with Gasteiger partial charge in [-0.1, -0.05) is 56.3 Å². The average Bonchev–Trinajstić information content (AvgIpc) is 3.05. The number of likely N-dealkylation sites (tertiary alicyclic amines) is 1. The lowest BCUT2D eigenvalue weighted by molar-refractivity contribution is -0.128. The van der Waals surface area contributed by atoms with Gasteiger partial charge in [0.15, 0.2) is 0 Å². The van der Waals surface area contributed by atoms with Crippen LogP contribution < -0.4 is 5.32 Å². The van der Waals surface area contributed by atoms with E-state index in [0.717, 1.165) is 24.1 Å². The van der Waals surface area contributed by atoms with Crippen molar-refractivity contribution in [3.8, 4) is 0 Å². The van der Waals surface area contributed by atoms with E-state index in [1.54, 1.807) is 0 Å². The van der Waals surface area contributed by atoms with Crippen molar-refractivity contribution in [3.05, 3.63) is 71.3 Å². The predicted molar refractivity (Wildman–Crippen MR) is 103 cm³/mol. The molecule has 3 rings (SSSR count). The molecule has 0 aromatic heterocycles. The van der Waals surface area contributed by atoms with Gasteiger partial charge in [-0.3, -0.25) is 9.59 Å². The van der Waals surface area contributed by atoms with Gasteiger partial charge >= 0.3 is 0 Å². The average molecular weight is 350 g/mol. The summed E-state index contributed by atoms with van der Waals surface area (Å²) in [6, 6.07) is 17.6. The molecule has 4 heteroatoms. The summed E-state index contributed by atoms with van der Waals surface area (Å²) in [7, 11) is 0. The van der Waals surface area contributed by atoms with E-state index in [4.69, 9.17) is 0 Å². The molecule has 1 aliphatic rings. The molecule has 1 saturated heterocycles. The Bertz CT molecular complexity index is 771. The molecule has 26 heavy (non-hydrogen) atoms. The Morgan fingerprint density at radius 1 is 1.12 bits per heavy atom. The number of rotatable bonds is 6. The van der Waals surface area contributed by atoms with Gasteiger partial charge in [-0.2, -0.15) is 0 Å². The van der Waals surface area contributed by atoms with Crippen molar-refractivity contribution in [1.82, 2.24) is 10.2 Å². The molecule has 4 nitrogen and oxygen atoms in total. The van der Waals surface area contributed by atoms with Crippen LogP contribution in [0.1, 0.15) is 54.2 Å². The number of carbonyl (C=O) groups is 2. The van der Waals surface area contributed by atoms with Crippen LogP contribution in [0.4, 0.5) is 0 Å². The molecule has 1 fully saturated rings. The van der Waals surface area contributed by atoms with Gasteiger partial charge in [-0.15, -0.1) is 0 Å². The molecule has 1 heterocycles. The van der Waals surface area contributed by atoms with Crippen molar-refractivity contribution in [2.24, 2.45) is 5.92 Å². The van der Waals surface area contributed by atoms with E-state index in [-0.39, 0.29) is 23.8 Å². The van der Waals surface area contributed by atoms with Crippen LogP contribution in [0.15, 0.2) is 54.6 Å². The van der Waals surface area contributed by atoms with Crippen molar-refractivity contribution in [2.45, 2.75) is 39.3 Å². The highest BCUT2D eigenvalue weighted by molar-refractivity contribution is 5.94. The fourth-order valence-corrected chi connectivity index (χ4v) is 3.42. The lowest BCUT2D eigenvalue weighted by Crippen LogP contribution is -2.32. The van der Waals surface area contributed by atoms with Crippen molar-refractivity contribution < 1.29 is 9.59 Å². The summed E-state index contributed by atoms with van der Waals surface area (Å²) in [5.41, 5.74) is 2.74. The van der Waals surface area contributed by atoms with Gasteiger partial charge in [0.25, 0.3) is 5.91 Å². The summed E-state index contributed by atoms with van der Waals surface area (Å²) in [5, 5.41) is 3.16. The summed E-state index contributed by atoms with van der Waals surface area (Å²) in [6.45, 7) is 5.59. The maximum Gasteiger partial charge on any atom is 0.251 e. The van der Waals surface area contributed by atoms with Crippen LogP contribution in [0, 0.1) is 5.92 Å². The number of amides is 2. The molecule has 136 valence electrons. The first-order chi connectivity index (χ1) is 12.5. The van der Waals surface area contributed by atoms with Crippen LogP contribution in [-0.4, -0.2) is 23.3 Å². The highest BCUT2D eigenvalue weighted by Gasteiger charge is 2.21. The number of nitrogens with zero attached hydrogens (tertiary/aromatic N) is 1. The number of hydrogen-bond donors (Lipinski definition) is 1. The number of nitrogens with one attached hydrogen (secondary N) is 1. The smallest absolute Gasteiger partial charge is 0.251 e. The number of hydrogen-bond acceptors (Lipinski definition) is 2. The van der Waals surface area contributed by atoms with E-state index in [0.29, 0.717) is 18.5 Å². The van der Waals surface area contributed by atoms with E-state index in [9.17, 15) is 9.59 Å². The Morgan fingerprint density at radius 2 is 1.88 bits per heavy atom. The zero-order valence-corrected chi connectivity index (χ0v) is 15.4. The minimum atomic E-state index is -0.0813. The molecular formula is C22H26N2O2. The molecule has 0 saturated carbocycles. The third kappa shape index (κ3) is 4.31. The maximum atomic E-state index is 12.8. The minimum absolute atomic E-state index is 0.0347. The molecule has 2 aromatic carbocycles. The van der Waals surface area contributed by atoms with E-state index >= 15 is 0 Å². The Kier molecular flexibility index (Phi) is 5.71. The molecule has 2 amide bonds. The summed E-state index contributed by atoms with van der Waals surface area (Å²) in [4.78, 5) is 26.5. The monoisotopic (exact) mass is 350 g/mol. The molecule has 0 bridgehead atoms. The lowest BCUT2D eigenvalue weighted by atomic mass is 9.95. The van der Waals surface area contributed by atoms with Gasteiger partial charge in [-0.05, 0) is 35.6 Å². The molecular weight excluding hydrogens is 324 g/mol. The fourth-order valence-electron chi connectivity index (χ4n) is 3.42. The zero-order chi connectivity index (χ0) is 18.5. The summed E-state index contributed by atoms with van der Waals surface area (Å²) in [5.74, 6) is 0.401. The molecule has 0 radical (unpaired) electrons. The minimum Gasteiger partial charge on any atom is -0.345 e. The van der Waals surface area contributed by atoms with E-state index in [1.165, 1.54) is 0 Å². The molecule has 1 unspecified atom stereocenters. The van der Waals surface area contributed by atoms with Gasteiger partial charge < -0.3 is 10.2 Å². The van der Waals surface area contributed by atoms with Crippen molar-refractivity contribution in [3.63, 3.8) is 0 Å². The standard InChI is InChI=1S/C22H26N2O2/c1-16(2)21(18-9-4-3-5-10-18)23-22(26)19-11-6-8-17(14-19)15-24-13-7-12-20(24)25/h3-6,8-11,14,16,21H,7,12-13,15H2,1-2H3,(H,23,26). The topological polar surface area (TPSA) is 49.4 Å². The van der Waals surface area contributed by atoms with Crippen molar-refractivity contribution in [2.75, 3.05) is 6.54 Å². The molecule has 1 atom stereocenters. The summed E-state index contributed by atoms with van der Waals surface area (Å²) in [6.07, 6.45) is 1.56. The Morgan fingerprint density at radius 3 is 2.54 bits per heavy atom. The fraction of sp³-hybridized carbons (Fsp3) is 0.364. The summed E-state index contributed by atoms with van der Waals surface area (Å²) >= 11 is 0. The first-order valence-corrected chi connectivity index (χ1v) is 9.27. The second kappa shape index (κ2) is 8.17. The highest BCUT2D eigenvalue weighted by atomic mass is 16.2. The molecule has 1 N–H and O–H groups in total. The third-order valence-electron chi connectivity index (χ3n) is 4.85. The van der Waals surface area contributed by atoms with E-state index in [2.05, 4.69) is 19.2 Å². The van der Waals surface area contributed by atoms with E-state index in [1.807, 2.05) is 59.5 Å². The van der Waals surface area contributed by atoms with Crippen LogP contribution in [0.3, 0.4) is 0 Å². The van der Waals surface area contributed by atoms with E-state index < -0.39 is 0 Å². The normalized spacial score (nSPS) is 15.3. The van der Waals surface area contributed by atoms with Gasteiger partial charge in [0.1, 0.15) is 0 Å². The van der Waals surface area contributed by atoms with Crippen molar-refractivity contribution in [1.29, 1.82) is 0 Å². The largest absolute Gasteiger partial charge is 0.345 e. The van der Waals surface area contributed by atoms with Crippen LogP contribution in [0.25, 0.3) is 0 Å². The van der Waals surface area contributed by atoms with Crippen LogP contribution in [-0.2, 0) is 11.3 Å². The molecule has 0 spiro atoms. The number of carbonyl (C=O) groups excluding carboxylic acids is 2. The second-order valence-corrected chi connectivity index (χ2v) is 7.23. The maximum absolute atomic E-state index is 12.8. The molecule has 1 aliphatic heterocycles.